The average molecular weight is 186 g/mol. The van der Waals surface area contributed by atoms with Crippen molar-refractivity contribution < 1.29 is 19.9 Å². The first-order valence-corrected chi connectivity index (χ1v) is 4.13. The average Bonchev–Trinajstić information content (AvgIpc) is 2.32. The summed E-state index contributed by atoms with van der Waals surface area (Å²) < 4.78 is 0. The highest BCUT2D eigenvalue weighted by Crippen LogP contribution is 2.28. The fourth-order valence-electron chi connectivity index (χ4n) is 1.91. The molecule has 6 nitrogen and oxygen atoms in total. The van der Waals surface area contributed by atoms with E-state index >= 15 is 0 Å². The third-order valence-electron chi connectivity index (χ3n) is 2.63. The third kappa shape index (κ3) is 1.06. The topological polar surface area (TPSA) is 81.1 Å². The van der Waals surface area contributed by atoms with Gasteiger partial charge in [0.05, 0.1) is 6.04 Å². The van der Waals surface area contributed by atoms with Gasteiger partial charge < -0.3 is 10.0 Å². The summed E-state index contributed by atoms with van der Waals surface area (Å²) in [4.78, 5) is 23.1. The maximum absolute atomic E-state index is 11.2. The Bertz CT molecular complexity index is 267. The Balaban J connectivity index is 2.22. The van der Waals surface area contributed by atoms with Gasteiger partial charge in [-0.2, -0.15) is 0 Å². The molecule has 0 saturated carbocycles. The molecule has 13 heavy (non-hydrogen) atoms. The molecule has 2 heterocycles. The number of piperidine rings is 1. The van der Waals surface area contributed by atoms with Gasteiger partial charge in [0, 0.05) is 6.54 Å². The van der Waals surface area contributed by atoms with Gasteiger partial charge in [0.2, 0.25) is 0 Å². The van der Waals surface area contributed by atoms with E-state index in [1.165, 1.54) is 4.90 Å². The van der Waals surface area contributed by atoms with E-state index in [1.54, 1.807) is 0 Å². The van der Waals surface area contributed by atoms with Crippen molar-refractivity contribution in [1.82, 2.24) is 9.96 Å². The van der Waals surface area contributed by atoms with Gasteiger partial charge in [-0.1, -0.05) is 0 Å². The highest BCUT2D eigenvalue weighted by molar-refractivity contribution is 5.84. The Morgan fingerprint density at radius 1 is 1.46 bits per heavy atom. The van der Waals surface area contributed by atoms with E-state index < -0.39 is 18.0 Å². The second kappa shape index (κ2) is 2.59. The number of hydrogen-bond donors (Lipinski definition) is 2. The molecule has 2 atom stereocenters. The van der Waals surface area contributed by atoms with Crippen molar-refractivity contribution in [3.63, 3.8) is 0 Å². The summed E-state index contributed by atoms with van der Waals surface area (Å²) in [5.41, 5.74) is 0. The molecule has 2 rings (SSSR count). The van der Waals surface area contributed by atoms with Gasteiger partial charge in [-0.15, -0.1) is 0 Å². The minimum Gasteiger partial charge on any atom is -0.480 e. The number of fused-ring (bicyclic) bond motifs is 2. The van der Waals surface area contributed by atoms with E-state index in [2.05, 4.69) is 0 Å². The molecule has 2 aliphatic rings. The van der Waals surface area contributed by atoms with Gasteiger partial charge in [-0.05, 0) is 12.8 Å². The largest absolute Gasteiger partial charge is 0.480 e. The number of carbonyl (C=O) groups is 2. The number of urea groups is 1. The molecule has 0 aliphatic carbocycles. The molecule has 2 bridgehead atoms. The standard InChI is InChI=1S/C7H10N2O4/c10-6(11)5-2-1-4-3-8(5)7(12)9(4)13/h4-5,13H,1-3H2,(H,10,11)/t4?,5-/m0/s1. The van der Waals surface area contributed by atoms with Crippen LogP contribution in [-0.2, 0) is 4.79 Å². The minimum atomic E-state index is -0.998. The number of aliphatic carboxylic acids is 1. The van der Waals surface area contributed by atoms with Crippen LogP contribution in [0.1, 0.15) is 12.8 Å². The van der Waals surface area contributed by atoms with Crippen molar-refractivity contribution in [1.29, 1.82) is 0 Å². The molecule has 0 aromatic heterocycles. The van der Waals surface area contributed by atoms with Crippen LogP contribution in [0.15, 0.2) is 0 Å². The summed E-state index contributed by atoms with van der Waals surface area (Å²) in [5, 5.41) is 18.6. The SMILES string of the molecule is O=C(O)[C@@H]1CCC2CN1C(=O)N2O. The van der Waals surface area contributed by atoms with E-state index in [0.717, 1.165) is 0 Å². The van der Waals surface area contributed by atoms with E-state index in [-0.39, 0.29) is 6.04 Å². The smallest absolute Gasteiger partial charge is 0.344 e. The first-order chi connectivity index (χ1) is 6.11. The summed E-state index contributed by atoms with van der Waals surface area (Å²) in [6.45, 7) is 0.326. The molecule has 0 aromatic carbocycles. The molecule has 0 radical (unpaired) electrons. The molecule has 6 heteroatoms. The summed E-state index contributed by atoms with van der Waals surface area (Å²) in [6.07, 6.45) is 0.971. The number of hydroxylamine groups is 2. The molecular weight excluding hydrogens is 176 g/mol. The van der Waals surface area contributed by atoms with Crippen LogP contribution in [0.5, 0.6) is 0 Å². The number of amides is 2. The molecule has 2 aliphatic heterocycles. The lowest BCUT2D eigenvalue weighted by Gasteiger charge is -2.26. The maximum atomic E-state index is 11.2. The summed E-state index contributed by atoms with van der Waals surface area (Å²) in [5.74, 6) is -0.998. The van der Waals surface area contributed by atoms with E-state index in [0.29, 0.717) is 24.4 Å². The Morgan fingerprint density at radius 2 is 2.15 bits per heavy atom. The Labute approximate surface area is 74.3 Å². The van der Waals surface area contributed by atoms with E-state index in [9.17, 15) is 14.8 Å². The lowest BCUT2D eigenvalue weighted by atomic mass is 10.0. The fourth-order valence-corrected chi connectivity index (χ4v) is 1.91. The van der Waals surface area contributed by atoms with Crippen molar-refractivity contribution >= 4 is 12.0 Å². The van der Waals surface area contributed by atoms with Crippen molar-refractivity contribution in [3.8, 4) is 0 Å². The highest BCUT2D eigenvalue weighted by atomic mass is 16.5. The van der Waals surface area contributed by atoms with Gasteiger partial charge >= 0.3 is 12.0 Å². The van der Waals surface area contributed by atoms with Gasteiger partial charge in [-0.25, -0.2) is 14.7 Å². The zero-order valence-corrected chi connectivity index (χ0v) is 6.88. The predicted molar refractivity (Wildman–Crippen MR) is 40.2 cm³/mol. The quantitative estimate of drug-likeness (QED) is 0.552. The van der Waals surface area contributed by atoms with Crippen molar-refractivity contribution in [2.45, 2.75) is 24.9 Å². The molecule has 2 amide bonds. The number of nitrogens with zero attached hydrogens (tertiary/aromatic N) is 2. The lowest BCUT2D eigenvalue weighted by Crippen LogP contribution is -2.44. The third-order valence-corrected chi connectivity index (χ3v) is 2.63. The number of carboxylic acids is 1. The van der Waals surface area contributed by atoms with Crippen LogP contribution in [0.25, 0.3) is 0 Å². The normalized spacial score (nSPS) is 32.5. The predicted octanol–water partition coefficient (Wildman–Crippen LogP) is -0.271. The number of carbonyl (C=O) groups excluding carboxylic acids is 1. The molecule has 0 spiro atoms. The number of carboxylic acid groups (broad SMARTS) is 1. The number of hydrogen-bond acceptors (Lipinski definition) is 3. The van der Waals surface area contributed by atoms with Crippen LogP contribution in [0.2, 0.25) is 0 Å². The van der Waals surface area contributed by atoms with Crippen LogP contribution in [0.3, 0.4) is 0 Å². The van der Waals surface area contributed by atoms with Crippen LogP contribution in [0.4, 0.5) is 4.79 Å². The fraction of sp³-hybridized carbons (Fsp3) is 0.714. The lowest BCUT2D eigenvalue weighted by molar-refractivity contribution is -0.142. The molecule has 72 valence electrons. The second-order valence-corrected chi connectivity index (χ2v) is 3.36. The van der Waals surface area contributed by atoms with Gasteiger partial charge in [0.1, 0.15) is 6.04 Å². The van der Waals surface area contributed by atoms with Crippen molar-refractivity contribution in [2.75, 3.05) is 6.54 Å². The van der Waals surface area contributed by atoms with Crippen LogP contribution < -0.4 is 0 Å². The Hall–Kier alpha value is -1.30. The molecule has 2 saturated heterocycles. The molecule has 2 N–H and O–H groups in total. The van der Waals surface area contributed by atoms with Gasteiger partial charge in [0.25, 0.3) is 0 Å². The van der Waals surface area contributed by atoms with E-state index in [4.69, 9.17) is 5.11 Å². The molecular formula is C7H10N2O4. The summed E-state index contributed by atoms with van der Waals surface area (Å²) >= 11 is 0. The summed E-state index contributed by atoms with van der Waals surface area (Å²) in [6, 6.07) is -1.57. The van der Waals surface area contributed by atoms with Gasteiger partial charge in [-0.3, -0.25) is 5.21 Å². The monoisotopic (exact) mass is 186 g/mol. The van der Waals surface area contributed by atoms with E-state index in [1.807, 2.05) is 0 Å². The Morgan fingerprint density at radius 3 is 2.77 bits per heavy atom. The van der Waals surface area contributed by atoms with Crippen LogP contribution in [-0.4, -0.2) is 50.9 Å². The van der Waals surface area contributed by atoms with Crippen molar-refractivity contribution in [3.05, 3.63) is 0 Å². The zero-order valence-electron chi connectivity index (χ0n) is 6.88. The van der Waals surface area contributed by atoms with Crippen molar-refractivity contribution in [2.24, 2.45) is 0 Å². The second-order valence-electron chi connectivity index (χ2n) is 3.36. The summed E-state index contributed by atoms with van der Waals surface area (Å²) in [7, 11) is 0. The number of rotatable bonds is 1. The van der Waals surface area contributed by atoms with Crippen LogP contribution in [0, 0.1) is 0 Å². The Kier molecular flexibility index (Phi) is 1.66. The first kappa shape index (κ1) is 8.31. The maximum Gasteiger partial charge on any atom is 0.344 e. The molecule has 1 unspecified atom stereocenters. The molecule has 2 fully saturated rings. The highest BCUT2D eigenvalue weighted by Gasteiger charge is 2.46. The van der Waals surface area contributed by atoms with Crippen LogP contribution >= 0.6 is 0 Å². The molecule has 0 aromatic rings. The van der Waals surface area contributed by atoms with Gasteiger partial charge in [0.15, 0.2) is 0 Å². The minimum absolute atomic E-state index is 0.219. The first-order valence-electron chi connectivity index (χ1n) is 4.13. The zero-order chi connectivity index (χ0) is 9.59.